The molecule has 0 radical (unpaired) electrons. The average Bonchev–Trinajstić information content (AvgIpc) is 2.69. The molecule has 0 saturated heterocycles. The fourth-order valence-corrected chi connectivity index (χ4v) is 3.02. The molecule has 2 aromatic carbocycles. The lowest BCUT2D eigenvalue weighted by Gasteiger charge is -2.24. The van der Waals surface area contributed by atoms with E-state index in [2.05, 4.69) is 20.8 Å². The largest absolute Gasteiger partial charge is 0.496 e. The molecule has 0 spiro atoms. The summed E-state index contributed by atoms with van der Waals surface area (Å²) >= 11 is 0. The molecular formula is C24H29NO4. The highest BCUT2D eigenvalue weighted by Crippen LogP contribution is 2.39. The SMILES string of the molecule is COc1ccc(C(C)(C)C)c(OC)c1/C=C/C(=O)c1ccc(C(=O)N(C)C)cc1. The summed E-state index contributed by atoms with van der Waals surface area (Å²) in [5, 5.41) is 0. The number of nitrogens with zero attached hydrogens (tertiary/aromatic N) is 1. The van der Waals surface area contributed by atoms with Crippen molar-refractivity contribution in [1.29, 1.82) is 0 Å². The molecule has 0 atom stereocenters. The smallest absolute Gasteiger partial charge is 0.253 e. The van der Waals surface area contributed by atoms with Crippen molar-refractivity contribution in [3.05, 3.63) is 64.7 Å². The van der Waals surface area contributed by atoms with Crippen molar-refractivity contribution in [3.63, 3.8) is 0 Å². The summed E-state index contributed by atoms with van der Waals surface area (Å²) in [7, 11) is 6.59. The van der Waals surface area contributed by atoms with Gasteiger partial charge in [0.05, 0.1) is 19.8 Å². The number of hydrogen-bond acceptors (Lipinski definition) is 4. The Morgan fingerprint density at radius 2 is 1.48 bits per heavy atom. The van der Waals surface area contributed by atoms with E-state index in [1.165, 1.54) is 11.0 Å². The van der Waals surface area contributed by atoms with E-state index in [1.807, 2.05) is 12.1 Å². The fourth-order valence-electron chi connectivity index (χ4n) is 3.02. The monoisotopic (exact) mass is 395 g/mol. The highest BCUT2D eigenvalue weighted by atomic mass is 16.5. The standard InChI is InChI=1S/C24H29NO4/c1-24(2,3)19-13-15-21(28-6)18(22(19)29-7)12-14-20(26)16-8-10-17(11-9-16)23(27)25(4)5/h8-15H,1-7H3/b14-12+. The second-order valence-electron chi connectivity index (χ2n) is 7.99. The van der Waals surface area contributed by atoms with Crippen molar-refractivity contribution in [2.24, 2.45) is 0 Å². The molecule has 0 aliphatic carbocycles. The van der Waals surface area contributed by atoms with E-state index in [0.29, 0.717) is 22.6 Å². The van der Waals surface area contributed by atoms with Gasteiger partial charge in [-0.25, -0.2) is 0 Å². The number of carbonyl (C=O) groups is 2. The number of carbonyl (C=O) groups excluding carboxylic acids is 2. The lowest BCUT2D eigenvalue weighted by molar-refractivity contribution is 0.0827. The third-order valence-corrected chi connectivity index (χ3v) is 4.61. The summed E-state index contributed by atoms with van der Waals surface area (Å²) in [6.07, 6.45) is 3.21. The molecule has 2 rings (SSSR count). The second-order valence-corrected chi connectivity index (χ2v) is 7.99. The first-order valence-corrected chi connectivity index (χ1v) is 9.39. The van der Waals surface area contributed by atoms with Crippen molar-refractivity contribution in [1.82, 2.24) is 4.90 Å². The summed E-state index contributed by atoms with van der Waals surface area (Å²) in [4.78, 5) is 26.1. The molecule has 0 unspecified atom stereocenters. The van der Waals surface area contributed by atoms with E-state index in [0.717, 1.165) is 11.1 Å². The summed E-state index contributed by atoms with van der Waals surface area (Å²) < 4.78 is 11.1. The van der Waals surface area contributed by atoms with Gasteiger partial charge < -0.3 is 14.4 Å². The first-order valence-electron chi connectivity index (χ1n) is 9.39. The van der Waals surface area contributed by atoms with Crippen LogP contribution in [-0.2, 0) is 5.41 Å². The van der Waals surface area contributed by atoms with E-state index in [1.54, 1.807) is 58.7 Å². The van der Waals surface area contributed by atoms with Gasteiger partial charge in [0.15, 0.2) is 5.78 Å². The Labute approximate surface area is 172 Å². The van der Waals surface area contributed by atoms with Gasteiger partial charge >= 0.3 is 0 Å². The van der Waals surface area contributed by atoms with E-state index in [-0.39, 0.29) is 17.1 Å². The van der Waals surface area contributed by atoms with Crippen molar-refractivity contribution >= 4 is 17.8 Å². The molecule has 1 amide bonds. The predicted molar refractivity (Wildman–Crippen MR) is 116 cm³/mol. The molecule has 0 fully saturated rings. The van der Waals surface area contributed by atoms with Crippen LogP contribution in [0, 0.1) is 0 Å². The van der Waals surface area contributed by atoms with Crippen LogP contribution in [0.1, 0.15) is 52.6 Å². The maximum Gasteiger partial charge on any atom is 0.253 e. The van der Waals surface area contributed by atoms with Gasteiger partial charge in [-0.2, -0.15) is 0 Å². The van der Waals surface area contributed by atoms with Gasteiger partial charge in [-0.05, 0) is 35.8 Å². The van der Waals surface area contributed by atoms with E-state index in [4.69, 9.17) is 9.47 Å². The van der Waals surface area contributed by atoms with Crippen LogP contribution in [0.15, 0.2) is 42.5 Å². The number of ketones is 1. The van der Waals surface area contributed by atoms with Crippen LogP contribution in [-0.4, -0.2) is 44.9 Å². The van der Waals surface area contributed by atoms with E-state index in [9.17, 15) is 9.59 Å². The summed E-state index contributed by atoms with van der Waals surface area (Å²) in [6.45, 7) is 6.31. The molecule has 2 aromatic rings. The minimum Gasteiger partial charge on any atom is -0.496 e. The molecule has 5 heteroatoms. The Hall–Kier alpha value is -3.08. The minimum absolute atomic E-state index is 0.104. The molecule has 0 saturated carbocycles. The molecular weight excluding hydrogens is 366 g/mol. The Balaban J connectivity index is 2.38. The van der Waals surface area contributed by atoms with Crippen LogP contribution in [0.3, 0.4) is 0 Å². The number of amides is 1. The number of hydrogen-bond donors (Lipinski definition) is 0. The third-order valence-electron chi connectivity index (χ3n) is 4.61. The third kappa shape index (κ3) is 5.05. The van der Waals surface area contributed by atoms with Gasteiger partial charge in [0.1, 0.15) is 11.5 Å². The lowest BCUT2D eigenvalue weighted by Crippen LogP contribution is -2.21. The molecule has 0 aromatic heterocycles. The van der Waals surface area contributed by atoms with E-state index < -0.39 is 0 Å². The van der Waals surface area contributed by atoms with Gasteiger partial charge in [0, 0.05) is 30.8 Å². The number of rotatable bonds is 6. The Morgan fingerprint density at radius 3 is 1.97 bits per heavy atom. The quantitative estimate of drug-likeness (QED) is 0.530. The number of allylic oxidation sites excluding steroid dienone is 1. The minimum atomic E-state index is -0.167. The summed E-state index contributed by atoms with van der Waals surface area (Å²) in [5.41, 5.74) is 2.66. The number of benzene rings is 2. The van der Waals surface area contributed by atoms with Crippen LogP contribution < -0.4 is 9.47 Å². The highest BCUT2D eigenvalue weighted by Gasteiger charge is 2.22. The maximum absolute atomic E-state index is 12.7. The zero-order chi connectivity index (χ0) is 21.8. The first-order chi connectivity index (χ1) is 13.6. The van der Waals surface area contributed by atoms with Gasteiger partial charge in [0.2, 0.25) is 0 Å². The molecule has 0 bridgehead atoms. The van der Waals surface area contributed by atoms with Gasteiger partial charge in [0.25, 0.3) is 5.91 Å². The van der Waals surface area contributed by atoms with Crippen LogP contribution in [0.4, 0.5) is 0 Å². The predicted octanol–water partition coefficient (Wildman–Crippen LogP) is 4.60. The maximum atomic E-state index is 12.7. The molecule has 5 nitrogen and oxygen atoms in total. The van der Waals surface area contributed by atoms with Crippen LogP contribution in [0.5, 0.6) is 11.5 Å². The molecule has 29 heavy (non-hydrogen) atoms. The fraction of sp³-hybridized carbons (Fsp3) is 0.333. The molecule has 0 heterocycles. The zero-order valence-electron chi connectivity index (χ0n) is 18.2. The van der Waals surface area contributed by atoms with Crippen LogP contribution in [0.2, 0.25) is 0 Å². The van der Waals surface area contributed by atoms with Crippen LogP contribution in [0.25, 0.3) is 6.08 Å². The van der Waals surface area contributed by atoms with Gasteiger partial charge in [-0.15, -0.1) is 0 Å². The normalized spacial score (nSPS) is 11.4. The zero-order valence-corrected chi connectivity index (χ0v) is 18.2. The summed E-state index contributed by atoms with van der Waals surface area (Å²) in [6, 6.07) is 10.5. The van der Waals surface area contributed by atoms with Gasteiger partial charge in [-0.1, -0.05) is 39.0 Å². The van der Waals surface area contributed by atoms with Gasteiger partial charge in [-0.3, -0.25) is 9.59 Å². The lowest BCUT2D eigenvalue weighted by atomic mass is 9.85. The molecule has 0 N–H and O–H groups in total. The van der Waals surface area contributed by atoms with Crippen molar-refractivity contribution in [2.75, 3.05) is 28.3 Å². The van der Waals surface area contributed by atoms with Crippen molar-refractivity contribution in [2.45, 2.75) is 26.2 Å². The van der Waals surface area contributed by atoms with Crippen molar-refractivity contribution in [3.8, 4) is 11.5 Å². The number of ether oxygens (including phenoxy) is 2. The highest BCUT2D eigenvalue weighted by molar-refractivity contribution is 6.07. The summed E-state index contributed by atoms with van der Waals surface area (Å²) in [5.74, 6) is 1.05. The Bertz CT molecular complexity index is 919. The Kier molecular flexibility index (Phi) is 6.85. The molecule has 0 aliphatic heterocycles. The first kappa shape index (κ1) is 22.2. The topological polar surface area (TPSA) is 55.8 Å². The van der Waals surface area contributed by atoms with Crippen LogP contribution >= 0.6 is 0 Å². The molecule has 0 aliphatic rings. The average molecular weight is 395 g/mol. The number of methoxy groups -OCH3 is 2. The Morgan fingerprint density at radius 1 is 0.897 bits per heavy atom. The van der Waals surface area contributed by atoms with Crippen molar-refractivity contribution < 1.29 is 19.1 Å². The second kappa shape index (κ2) is 8.95. The van der Waals surface area contributed by atoms with E-state index >= 15 is 0 Å². The molecule has 154 valence electrons.